The topological polar surface area (TPSA) is 403 Å². The number of hydrogen-bond donors (Lipinski definition) is 14. The largest absolute Gasteiger partial charge is 0.370 e. The number of carbonyl (C=O) groups excluding carboxylic acids is 8. The molecule has 8 amide bonds. The Bertz CT molecular complexity index is 2350. The number of aromatic nitrogens is 1. The summed E-state index contributed by atoms with van der Waals surface area (Å²) in [6.45, 7) is 3.44. The van der Waals surface area contributed by atoms with Gasteiger partial charge >= 0.3 is 0 Å². The number of carbonyl (C=O) groups is 8. The minimum absolute atomic E-state index is 0.0227. The molecule has 24 heteroatoms. The molecule has 1 fully saturated rings. The average molecular weight is 987 g/mol. The van der Waals surface area contributed by atoms with E-state index in [9.17, 15) is 38.4 Å². The molecule has 19 N–H and O–H groups in total. The van der Waals surface area contributed by atoms with Crippen molar-refractivity contribution in [3.05, 3.63) is 71.9 Å². The summed E-state index contributed by atoms with van der Waals surface area (Å²) in [5.74, 6) is -5.58. The van der Waals surface area contributed by atoms with Gasteiger partial charge in [-0.05, 0) is 69.1 Å². The first-order valence-corrected chi connectivity index (χ1v) is 23.7. The molecule has 24 nitrogen and oxygen atoms in total. The van der Waals surface area contributed by atoms with Crippen LogP contribution >= 0.6 is 0 Å². The van der Waals surface area contributed by atoms with Crippen molar-refractivity contribution in [2.75, 3.05) is 26.2 Å². The molecular weight excluding hydrogens is 917 g/mol. The normalized spacial score (nSPS) is 21.7. The molecule has 1 aromatic heterocycles. The maximum atomic E-state index is 14.4. The summed E-state index contributed by atoms with van der Waals surface area (Å²) >= 11 is 0. The Kier molecular flexibility index (Phi) is 22.5. The van der Waals surface area contributed by atoms with Gasteiger partial charge in [0.15, 0.2) is 11.9 Å². The Labute approximate surface area is 412 Å². The number of amides is 8. The number of para-hydroxylation sites is 1. The first kappa shape index (κ1) is 55.8. The number of aromatic amines is 1. The molecule has 0 radical (unpaired) electrons. The van der Waals surface area contributed by atoms with E-state index in [-0.39, 0.29) is 88.8 Å². The Morgan fingerprint density at radius 3 is 2.03 bits per heavy atom. The van der Waals surface area contributed by atoms with Crippen molar-refractivity contribution in [2.45, 2.75) is 120 Å². The molecule has 7 unspecified atom stereocenters. The number of rotatable bonds is 17. The van der Waals surface area contributed by atoms with Crippen LogP contribution in [-0.2, 0) is 51.2 Å². The van der Waals surface area contributed by atoms with E-state index in [4.69, 9.17) is 28.7 Å². The summed E-state index contributed by atoms with van der Waals surface area (Å²) in [6.07, 6.45) is 2.74. The van der Waals surface area contributed by atoms with Crippen LogP contribution in [0.5, 0.6) is 0 Å². The summed E-state index contributed by atoms with van der Waals surface area (Å²) in [4.78, 5) is 120. The van der Waals surface area contributed by atoms with Crippen molar-refractivity contribution >= 4 is 70.1 Å². The van der Waals surface area contributed by atoms with Crippen LogP contribution in [0.1, 0.15) is 76.3 Å². The van der Waals surface area contributed by atoms with Crippen molar-refractivity contribution in [2.24, 2.45) is 38.7 Å². The molecular formula is C47H70N16O8. The number of nitrogens with zero attached hydrogens (tertiary/aromatic N) is 2. The van der Waals surface area contributed by atoms with Crippen LogP contribution in [0.4, 0.5) is 0 Å². The van der Waals surface area contributed by atoms with Crippen molar-refractivity contribution in [3.63, 3.8) is 0 Å². The van der Waals surface area contributed by atoms with E-state index >= 15 is 0 Å². The van der Waals surface area contributed by atoms with Gasteiger partial charge in [-0.2, -0.15) is 0 Å². The lowest BCUT2D eigenvalue weighted by molar-refractivity contribution is -0.135. The smallest absolute Gasteiger partial charge is 0.243 e. The highest BCUT2D eigenvalue weighted by molar-refractivity contribution is 5.97. The van der Waals surface area contributed by atoms with Gasteiger partial charge in [0.2, 0.25) is 47.3 Å². The van der Waals surface area contributed by atoms with Crippen LogP contribution in [0.25, 0.3) is 10.9 Å². The number of guanidine groups is 2. The first-order chi connectivity index (χ1) is 33.9. The summed E-state index contributed by atoms with van der Waals surface area (Å²) in [7, 11) is 0. The van der Waals surface area contributed by atoms with Gasteiger partial charge in [-0.1, -0.05) is 48.5 Å². The zero-order chi connectivity index (χ0) is 51.9. The molecule has 386 valence electrons. The molecule has 0 aliphatic carbocycles. The van der Waals surface area contributed by atoms with E-state index in [0.29, 0.717) is 30.5 Å². The van der Waals surface area contributed by atoms with Crippen molar-refractivity contribution < 1.29 is 38.4 Å². The van der Waals surface area contributed by atoms with Crippen LogP contribution in [0.3, 0.4) is 0 Å². The Balaban J connectivity index is 1.69. The summed E-state index contributed by atoms with van der Waals surface area (Å²) in [5, 5.41) is 23.2. The predicted octanol–water partition coefficient (Wildman–Crippen LogP) is -2.86. The lowest BCUT2D eigenvalue weighted by Gasteiger charge is -2.27. The van der Waals surface area contributed by atoms with Crippen LogP contribution in [-0.4, -0.2) is 133 Å². The molecule has 2 aromatic carbocycles. The number of aliphatic imine (C=N–C) groups is 2. The van der Waals surface area contributed by atoms with E-state index in [1.54, 1.807) is 36.5 Å². The Morgan fingerprint density at radius 1 is 0.718 bits per heavy atom. The highest BCUT2D eigenvalue weighted by Crippen LogP contribution is 2.20. The summed E-state index contributed by atoms with van der Waals surface area (Å²) < 4.78 is 0. The van der Waals surface area contributed by atoms with E-state index in [1.807, 2.05) is 24.3 Å². The molecule has 3 aromatic rings. The van der Waals surface area contributed by atoms with Gasteiger partial charge in [0.1, 0.15) is 30.2 Å². The second-order valence-electron chi connectivity index (χ2n) is 17.4. The zero-order valence-corrected chi connectivity index (χ0v) is 40.3. The van der Waals surface area contributed by atoms with E-state index in [0.717, 1.165) is 10.9 Å². The van der Waals surface area contributed by atoms with E-state index in [1.165, 1.54) is 13.8 Å². The quantitative estimate of drug-likeness (QED) is 0.0368. The van der Waals surface area contributed by atoms with Gasteiger partial charge in [0.05, 0.1) is 6.04 Å². The van der Waals surface area contributed by atoms with Gasteiger partial charge in [0.25, 0.3) is 0 Å². The van der Waals surface area contributed by atoms with Gasteiger partial charge < -0.3 is 76.2 Å². The van der Waals surface area contributed by atoms with Gasteiger partial charge in [-0.15, -0.1) is 0 Å². The lowest BCUT2D eigenvalue weighted by Crippen LogP contribution is -2.60. The predicted molar refractivity (Wildman–Crippen MR) is 267 cm³/mol. The maximum Gasteiger partial charge on any atom is 0.243 e. The fraction of sp³-hybridized carbons (Fsp3) is 0.489. The minimum atomic E-state index is -1.33. The molecule has 1 saturated heterocycles. The van der Waals surface area contributed by atoms with Crippen molar-refractivity contribution in [1.82, 2.24) is 47.5 Å². The molecule has 0 saturated carbocycles. The lowest BCUT2D eigenvalue weighted by atomic mass is 10.0. The van der Waals surface area contributed by atoms with Crippen molar-refractivity contribution in [3.8, 4) is 0 Å². The maximum absolute atomic E-state index is 14.4. The standard InChI is InChI=1S/C47H70N16O8/c1-27-41(67)62-37(23-29-11-4-3-5-12-29)44(70)61-36(17-10-22-55-47(51)52)43(69)63-38(24-30-25-56-33-15-7-6-14-32(30)33)45(71)60-34(40(48)66)18-19-39(65)53-20-9-16-35(42(68)58-27)57-26-31(59-28(2)64)13-8-21-54-46(49)50/h3-7,11-12,14-15,25,27,31,34-38,56-57H,8-10,13,16-24,26H2,1-2H3,(H2,48,66)(H,53,65)(H,58,68)(H,59,64)(H,60,71)(H,61,70)(H,62,67)(H,63,69)(H4,49,50,54)(H4,51,52,55). The Morgan fingerprint density at radius 2 is 1.34 bits per heavy atom. The minimum Gasteiger partial charge on any atom is -0.370 e. The van der Waals surface area contributed by atoms with Crippen LogP contribution in [0.2, 0.25) is 0 Å². The second kappa shape index (κ2) is 28.7. The highest BCUT2D eigenvalue weighted by atomic mass is 16.2. The fourth-order valence-corrected chi connectivity index (χ4v) is 7.91. The van der Waals surface area contributed by atoms with Gasteiger partial charge in [-0.25, -0.2) is 0 Å². The SMILES string of the molecule is CC(=O)NC(CCCN=C(N)N)CNC1CCCNC(=O)CCC(C(N)=O)NC(=O)C(Cc2c[nH]c3ccccc23)NC(=O)C(CCCN=C(N)N)NC(=O)C(Cc2ccccc2)NC(=O)C(C)NC1=O. The zero-order valence-electron chi connectivity index (χ0n) is 40.3. The van der Waals surface area contributed by atoms with Gasteiger partial charge in [0, 0.05) is 75.5 Å². The van der Waals surface area contributed by atoms with E-state index in [2.05, 4.69) is 57.5 Å². The molecule has 1 aliphatic rings. The number of fused-ring (bicyclic) bond motifs is 1. The second-order valence-corrected chi connectivity index (χ2v) is 17.4. The molecule has 2 heterocycles. The van der Waals surface area contributed by atoms with E-state index < -0.39 is 83.6 Å². The highest BCUT2D eigenvalue weighted by Gasteiger charge is 2.33. The monoisotopic (exact) mass is 987 g/mol. The Hall–Kier alpha value is -7.76. The van der Waals surface area contributed by atoms with Crippen LogP contribution in [0.15, 0.2) is 70.8 Å². The number of H-pyrrole nitrogens is 1. The van der Waals surface area contributed by atoms with Crippen molar-refractivity contribution in [1.29, 1.82) is 0 Å². The van der Waals surface area contributed by atoms with Crippen LogP contribution < -0.4 is 71.2 Å². The number of benzene rings is 2. The number of hydrogen-bond acceptors (Lipinski definition) is 11. The number of nitrogens with two attached hydrogens (primary N) is 5. The molecule has 0 spiro atoms. The molecule has 0 bridgehead atoms. The van der Waals surface area contributed by atoms with Gasteiger partial charge in [-0.3, -0.25) is 48.3 Å². The number of primary amides is 1. The van der Waals surface area contributed by atoms with Crippen LogP contribution in [0, 0.1) is 0 Å². The molecule has 1 aliphatic heterocycles. The molecule has 4 rings (SSSR count). The third-order valence-corrected chi connectivity index (χ3v) is 11.6. The third-order valence-electron chi connectivity index (χ3n) is 11.6. The number of nitrogens with one attached hydrogen (secondary N) is 9. The first-order valence-electron chi connectivity index (χ1n) is 23.7. The fourth-order valence-electron chi connectivity index (χ4n) is 7.91. The molecule has 71 heavy (non-hydrogen) atoms. The summed E-state index contributed by atoms with van der Waals surface area (Å²) in [6, 6.07) is 8.32. The average Bonchev–Trinajstić information content (AvgIpc) is 3.73. The third kappa shape index (κ3) is 19.6. The summed E-state index contributed by atoms with van der Waals surface area (Å²) in [5.41, 5.74) is 29.9. The molecule has 7 atom stereocenters.